The van der Waals surface area contributed by atoms with Crippen LogP contribution in [0.3, 0.4) is 0 Å². The van der Waals surface area contributed by atoms with E-state index in [-0.39, 0.29) is 16.8 Å². The molecule has 7 nitrogen and oxygen atoms in total. The number of benzene rings is 1. The van der Waals surface area contributed by atoms with Crippen LogP contribution in [0.5, 0.6) is 11.5 Å². The van der Waals surface area contributed by atoms with Crippen LogP contribution in [0.25, 0.3) is 0 Å². The minimum Gasteiger partial charge on any atom is -0.484 e. The summed E-state index contributed by atoms with van der Waals surface area (Å²) in [6, 6.07) is 1.58. The van der Waals surface area contributed by atoms with Crippen molar-refractivity contribution in [3.05, 3.63) is 11.1 Å². The second kappa shape index (κ2) is 7.93. The Kier molecular flexibility index (Phi) is 5.65. The van der Waals surface area contributed by atoms with Crippen LogP contribution in [0.15, 0.2) is 6.07 Å². The molecule has 1 fully saturated rings. The molecule has 2 amide bonds. The lowest BCUT2D eigenvalue weighted by Gasteiger charge is -2.25. The Bertz CT molecular complexity index is 674. The van der Waals surface area contributed by atoms with Crippen molar-refractivity contribution in [3.8, 4) is 11.5 Å². The van der Waals surface area contributed by atoms with Crippen LogP contribution in [0.2, 0.25) is 5.02 Å². The molecule has 3 N–H and O–H groups in total. The van der Waals surface area contributed by atoms with Gasteiger partial charge in [-0.05, 0) is 37.9 Å². The van der Waals surface area contributed by atoms with E-state index in [0.29, 0.717) is 48.4 Å². The minimum absolute atomic E-state index is 0.0772. The average Bonchev–Trinajstić information content (AvgIpc) is 2.59. The Morgan fingerprint density at radius 3 is 2.56 bits per heavy atom. The Balaban J connectivity index is 1.79. The summed E-state index contributed by atoms with van der Waals surface area (Å²) in [5.41, 5.74) is 0.827. The highest BCUT2D eigenvalue weighted by atomic mass is 35.5. The van der Waals surface area contributed by atoms with Gasteiger partial charge in [-0.1, -0.05) is 11.6 Å². The first-order valence-corrected chi connectivity index (χ1v) is 8.82. The summed E-state index contributed by atoms with van der Waals surface area (Å²) in [7, 11) is 0. The summed E-state index contributed by atoms with van der Waals surface area (Å²) in [5, 5.41) is 9.11. The van der Waals surface area contributed by atoms with E-state index in [1.54, 1.807) is 6.07 Å². The molecule has 8 heteroatoms. The molecule has 136 valence electrons. The molecular formula is C17H22ClN3O4. The van der Waals surface area contributed by atoms with Gasteiger partial charge in [0, 0.05) is 13.3 Å². The maximum atomic E-state index is 12.4. The van der Waals surface area contributed by atoms with Crippen molar-refractivity contribution < 1.29 is 19.1 Å². The molecule has 0 aromatic heterocycles. The lowest BCUT2D eigenvalue weighted by atomic mass is 9.94. The zero-order chi connectivity index (χ0) is 17.8. The average molecular weight is 368 g/mol. The van der Waals surface area contributed by atoms with Gasteiger partial charge in [0.2, 0.25) is 11.8 Å². The number of halogens is 1. The normalized spacial score (nSPS) is 17.0. The van der Waals surface area contributed by atoms with Crippen LogP contribution in [-0.2, 0) is 9.59 Å². The summed E-state index contributed by atoms with van der Waals surface area (Å²) < 4.78 is 11.3. The Morgan fingerprint density at radius 2 is 1.88 bits per heavy atom. The van der Waals surface area contributed by atoms with Crippen LogP contribution < -0.4 is 25.4 Å². The van der Waals surface area contributed by atoms with Gasteiger partial charge in [0.1, 0.15) is 18.9 Å². The number of fused-ring (bicyclic) bond motifs is 1. The SMILES string of the molecule is CC(=O)Nc1c(Cl)cc(NC(=O)CC2CCNCC2)c2c1OCCO2. The van der Waals surface area contributed by atoms with E-state index in [1.807, 2.05) is 0 Å². The highest BCUT2D eigenvalue weighted by Gasteiger charge is 2.25. The van der Waals surface area contributed by atoms with Crippen molar-refractivity contribution in [2.24, 2.45) is 5.92 Å². The van der Waals surface area contributed by atoms with E-state index in [1.165, 1.54) is 6.92 Å². The quantitative estimate of drug-likeness (QED) is 0.760. The summed E-state index contributed by atoms with van der Waals surface area (Å²) in [5.74, 6) is 0.792. The molecule has 0 bridgehead atoms. The van der Waals surface area contributed by atoms with Crippen LogP contribution in [0.4, 0.5) is 11.4 Å². The van der Waals surface area contributed by atoms with Gasteiger partial charge < -0.3 is 25.4 Å². The predicted octanol–water partition coefficient (Wildman–Crippen LogP) is 2.40. The van der Waals surface area contributed by atoms with Gasteiger partial charge in [0.05, 0.1) is 10.7 Å². The lowest BCUT2D eigenvalue weighted by molar-refractivity contribution is -0.117. The third-order valence-electron chi connectivity index (χ3n) is 4.27. The van der Waals surface area contributed by atoms with E-state index in [2.05, 4.69) is 16.0 Å². The maximum Gasteiger partial charge on any atom is 0.224 e. The fraction of sp³-hybridized carbons (Fsp3) is 0.529. The van der Waals surface area contributed by atoms with Gasteiger partial charge in [-0.15, -0.1) is 0 Å². The van der Waals surface area contributed by atoms with Crippen molar-refractivity contribution in [3.63, 3.8) is 0 Å². The number of anilines is 2. The number of carbonyl (C=O) groups excluding carboxylic acids is 2. The first-order chi connectivity index (χ1) is 12.0. The smallest absolute Gasteiger partial charge is 0.224 e. The van der Waals surface area contributed by atoms with Crippen molar-refractivity contribution in [2.75, 3.05) is 36.9 Å². The van der Waals surface area contributed by atoms with Crippen molar-refractivity contribution in [2.45, 2.75) is 26.2 Å². The summed E-state index contributed by atoms with van der Waals surface area (Å²) >= 11 is 6.28. The van der Waals surface area contributed by atoms with Gasteiger partial charge in [0.25, 0.3) is 0 Å². The molecule has 0 aliphatic carbocycles. The van der Waals surface area contributed by atoms with Gasteiger partial charge in [-0.2, -0.15) is 0 Å². The fourth-order valence-electron chi connectivity index (χ4n) is 3.11. The first kappa shape index (κ1) is 17.8. The molecule has 0 atom stereocenters. The van der Waals surface area contributed by atoms with E-state index in [0.717, 1.165) is 25.9 Å². The molecule has 0 radical (unpaired) electrons. The zero-order valence-electron chi connectivity index (χ0n) is 14.1. The Labute approximate surface area is 151 Å². The molecule has 3 rings (SSSR count). The van der Waals surface area contributed by atoms with Gasteiger partial charge in [0.15, 0.2) is 11.5 Å². The largest absolute Gasteiger partial charge is 0.484 e. The number of ether oxygens (including phenoxy) is 2. The number of rotatable bonds is 4. The van der Waals surface area contributed by atoms with Crippen molar-refractivity contribution >= 4 is 34.8 Å². The molecule has 0 unspecified atom stereocenters. The number of hydrogen-bond donors (Lipinski definition) is 3. The van der Waals surface area contributed by atoms with E-state index >= 15 is 0 Å². The summed E-state index contributed by atoms with van der Waals surface area (Å²) in [6.07, 6.45) is 2.45. The topological polar surface area (TPSA) is 88.7 Å². The maximum absolute atomic E-state index is 12.4. The number of amides is 2. The number of nitrogens with one attached hydrogen (secondary N) is 3. The molecule has 2 aliphatic heterocycles. The van der Waals surface area contributed by atoms with E-state index in [9.17, 15) is 9.59 Å². The standard InChI is InChI=1S/C17H22ClN3O4/c1-10(22)20-15-12(18)9-13(16-17(15)25-7-6-24-16)21-14(23)8-11-2-4-19-5-3-11/h9,11,19H,2-8H2,1H3,(H,20,22)(H,21,23). The van der Waals surface area contributed by atoms with Crippen LogP contribution in [0.1, 0.15) is 26.2 Å². The monoisotopic (exact) mass is 367 g/mol. The first-order valence-electron chi connectivity index (χ1n) is 8.45. The molecule has 1 aromatic rings. The zero-order valence-corrected chi connectivity index (χ0v) is 14.9. The second-order valence-electron chi connectivity index (χ2n) is 6.26. The van der Waals surface area contributed by atoms with Crippen LogP contribution in [-0.4, -0.2) is 38.1 Å². The molecule has 1 aromatic carbocycles. The van der Waals surface area contributed by atoms with Gasteiger partial charge >= 0.3 is 0 Å². The lowest BCUT2D eigenvalue weighted by Crippen LogP contribution is -2.30. The highest BCUT2D eigenvalue weighted by Crippen LogP contribution is 2.47. The molecular weight excluding hydrogens is 346 g/mol. The third kappa shape index (κ3) is 4.35. The van der Waals surface area contributed by atoms with Gasteiger partial charge in [-0.3, -0.25) is 9.59 Å². The van der Waals surface area contributed by atoms with Gasteiger partial charge in [-0.25, -0.2) is 0 Å². The van der Waals surface area contributed by atoms with Crippen LogP contribution >= 0.6 is 11.6 Å². The predicted molar refractivity (Wildman–Crippen MR) is 95.6 cm³/mol. The summed E-state index contributed by atoms with van der Waals surface area (Å²) in [4.78, 5) is 23.8. The molecule has 0 spiro atoms. The molecule has 0 saturated carbocycles. The second-order valence-corrected chi connectivity index (χ2v) is 6.67. The number of piperidine rings is 1. The highest BCUT2D eigenvalue weighted by molar-refractivity contribution is 6.34. The number of hydrogen-bond acceptors (Lipinski definition) is 5. The van der Waals surface area contributed by atoms with Crippen molar-refractivity contribution in [1.82, 2.24) is 5.32 Å². The van der Waals surface area contributed by atoms with E-state index < -0.39 is 0 Å². The van der Waals surface area contributed by atoms with E-state index in [4.69, 9.17) is 21.1 Å². The fourth-order valence-corrected chi connectivity index (χ4v) is 3.35. The van der Waals surface area contributed by atoms with Crippen LogP contribution in [0, 0.1) is 5.92 Å². The minimum atomic E-state index is -0.263. The molecule has 25 heavy (non-hydrogen) atoms. The Hall–Kier alpha value is -1.99. The summed E-state index contributed by atoms with van der Waals surface area (Å²) in [6.45, 7) is 4.00. The molecule has 2 heterocycles. The third-order valence-corrected chi connectivity index (χ3v) is 4.57. The number of carbonyl (C=O) groups is 2. The Morgan fingerprint density at radius 1 is 1.20 bits per heavy atom. The molecule has 1 saturated heterocycles. The van der Waals surface area contributed by atoms with Crippen molar-refractivity contribution in [1.29, 1.82) is 0 Å². The molecule has 2 aliphatic rings.